The van der Waals surface area contributed by atoms with Crippen LogP contribution in [0.5, 0.6) is 0 Å². The minimum atomic E-state index is 0.579. The molecule has 2 saturated carbocycles. The van der Waals surface area contributed by atoms with Crippen molar-refractivity contribution in [1.29, 1.82) is 0 Å². The monoisotopic (exact) mass is 242 g/mol. The van der Waals surface area contributed by atoms with Gasteiger partial charge < -0.3 is 0 Å². The summed E-state index contributed by atoms with van der Waals surface area (Å²) in [6, 6.07) is 9.27. The average Bonchev–Trinajstić information content (AvgIpc) is 3.28. The number of hydrogen-bond donors (Lipinski definition) is 0. The summed E-state index contributed by atoms with van der Waals surface area (Å²) in [6.45, 7) is 4.78. The van der Waals surface area contributed by atoms with Crippen molar-refractivity contribution in [2.24, 2.45) is 5.41 Å². The van der Waals surface area contributed by atoms with E-state index in [1.54, 1.807) is 11.1 Å². The lowest BCUT2D eigenvalue weighted by Crippen LogP contribution is -2.14. The summed E-state index contributed by atoms with van der Waals surface area (Å²) >= 11 is 0. The Labute approximate surface area is 112 Å². The highest BCUT2D eigenvalue weighted by Gasteiger charge is 2.52. The van der Waals surface area contributed by atoms with Gasteiger partial charge in [0.15, 0.2) is 0 Å². The van der Waals surface area contributed by atoms with Crippen LogP contribution in [0.2, 0.25) is 0 Å². The average molecular weight is 242 g/mol. The van der Waals surface area contributed by atoms with Crippen LogP contribution in [0.4, 0.5) is 0 Å². The molecule has 0 heteroatoms. The van der Waals surface area contributed by atoms with Crippen molar-refractivity contribution in [1.82, 2.24) is 0 Å². The smallest absolute Gasteiger partial charge is 0.00384 e. The summed E-state index contributed by atoms with van der Waals surface area (Å²) < 4.78 is 0. The second kappa shape index (κ2) is 4.40. The molecule has 0 spiro atoms. The molecule has 0 N–H and O–H groups in total. The molecule has 1 aromatic rings. The summed E-state index contributed by atoms with van der Waals surface area (Å²) in [4.78, 5) is 0. The van der Waals surface area contributed by atoms with Crippen molar-refractivity contribution in [3.63, 3.8) is 0 Å². The number of hydrogen-bond acceptors (Lipinski definition) is 0. The Morgan fingerprint density at radius 2 is 1.78 bits per heavy atom. The fourth-order valence-corrected chi connectivity index (χ4v) is 3.52. The molecule has 0 atom stereocenters. The molecule has 0 aliphatic heterocycles. The number of aryl methyl sites for hydroxylation is 1. The molecule has 0 heterocycles. The number of benzene rings is 1. The van der Waals surface area contributed by atoms with Gasteiger partial charge in [0.1, 0.15) is 0 Å². The fourth-order valence-electron chi connectivity index (χ4n) is 3.52. The zero-order chi connectivity index (χ0) is 12.6. The molecule has 2 fully saturated rings. The number of rotatable bonds is 6. The van der Waals surface area contributed by atoms with Crippen LogP contribution in [-0.2, 0) is 11.8 Å². The molecule has 98 valence electrons. The summed E-state index contributed by atoms with van der Waals surface area (Å²) in [5.74, 6) is 0. The molecule has 0 bridgehead atoms. The third-order valence-corrected chi connectivity index (χ3v) is 5.11. The molecule has 0 amide bonds. The highest BCUT2D eigenvalue weighted by Crippen LogP contribution is 2.62. The van der Waals surface area contributed by atoms with E-state index < -0.39 is 0 Å². The fraction of sp³-hybridized carbons (Fsp3) is 0.667. The quantitative estimate of drug-likeness (QED) is 0.639. The second-order valence-electron chi connectivity index (χ2n) is 7.03. The topological polar surface area (TPSA) is 0 Å². The predicted molar refractivity (Wildman–Crippen MR) is 77.9 cm³/mol. The first-order valence-corrected chi connectivity index (χ1v) is 7.76. The van der Waals surface area contributed by atoms with Crippen LogP contribution in [0.25, 0.3) is 0 Å². The third kappa shape index (κ3) is 2.35. The first-order valence-electron chi connectivity index (χ1n) is 7.76. The van der Waals surface area contributed by atoms with E-state index in [4.69, 9.17) is 0 Å². The Bertz CT molecular complexity index is 421. The van der Waals surface area contributed by atoms with Crippen molar-refractivity contribution < 1.29 is 0 Å². The largest absolute Gasteiger partial charge is 0.0654 e. The Morgan fingerprint density at radius 3 is 2.39 bits per heavy atom. The molecule has 18 heavy (non-hydrogen) atoms. The van der Waals surface area contributed by atoms with Gasteiger partial charge in [0.2, 0.25) is 0 Å². The van der Waals surface area contributed by atoms with E-state index in [2.05, 4.69) is 38.1 Å². The van der Waals surface area contributed by atoms with E-state index in [9.17, 15) is 0 Å². The van der Waals surface area contributed by atoms with Gasteiger partial charge in [-0.2, -0.15) is 0 Å². The molecule has 0 nitrogen and oxygen atoms in total. The first kappa shape index (κ1) is 12.3. The lowest BCUT2D eigenvalue weighted by Gasteiger charge is -2.23. The summed E-state index contributed by atoms with van der Waals surface area (Å²) in [5, 5.41) is 0. The lowest BCUT2D eigenvalue weighted by atomic mass is 9.82. The van der Waals surface area contributed by atoms with Gasteiger partial charge in [0, 0.05) is 0 Å². The van der Waals surface area contributed by atoms with Gasteiger partial charge in [0.05, 0.1) is 0 Å². The van der Waals surface area contributed by atoms with E-state index >= 15 is 0 Å². The van der Waals surface area contributed by atoms with Gasteiger partial charge in [-0.05, 0) is 66.9 Å². The van der Waals surface area contributed by atoms with Crippen molar-refractivity contribution >= 4 is 0 Å². The second-order valence-corrected chi connectivity index (χ2v) is 7.03. The van der Waals surface area contributed by atoms with Crippen molar-refractivity contribution in [3.05, 3.63) is 35.4 Å². The van der Waals surface area contributed by atoms with Gasteiger partial charge in [-0.15, -0.1) is 0 Å². The molecule has 2 aliphatic rings. The van der Waals surface area contributed by atoms with E-state index in [1.807, 2.05) is 0 Å². The van der Waals surface area contributed by atoms with Crippen LogP contribution >= 0.6 is 0 Å². The van der Waals surface area contributed by atoms with E-state index in [1.165, 1.54) is 51.4 Å². The Balaban J connectivity index is 1.82. The third-order valence-electron chi connectivity index (χ3n) is 5.11. The summed E-state index contributed by atoms with van der Waals surface area (Å²) in [5.41, 5.74) is 4.61. The zero-order valence-corrected chi connectivity index (χ0v) is 12.0. The Hall–Kier alpha value is -0.780. The highest BCUT2D eigenvalue weighted by atomic mass is 14.6. The summed E-state index contributed by atoms with van der Waals surface area (Å²) in [7, 11) is 0. The first-order chi connectivity index (χ1) is 8.68. The van der Waals surface area contributed by atoms with Gasteiger partial charge in [-0.3, -0.25) is 0 Å². The summed E-state index contributed by atoms with van der Waals surface area (Å²) in [6.07, 6.45) is 11.2. The minimum absolute atomic E-state index is 0.579. The maximum atomic E-state index is 2.49. The predicted octanol–water partition coefficient (Wildman–Crippen LogP) is 5.25. The SMILES string of the molecule is CCCCc1ccccc1C1(CC2(C)CC2)CC1. The zero-order valence-electron chi connectivity index (χ0n) is 12.0. The standard InChI is InChI=1S/C18H26/c1-3-4-7-15-8-5-6-9-16(15)18(12-13-18)14-17(2)10-11-17/h5-6,8-9H,3-4,7,10-14H2,1-2H3. The van der Waals surface area contributed by atoms with Crippen LogP contribution in [0.1, 0.15) is 69.9 Å². The van der Waals surface area contributed by atoms with E-state index in [0.717, 1.165) is 0 Å². The highest BCUT2D eigenvalue weighted by molar-refractivity contribution is 5.39. The normalized spacial score (nSPS) is 22.8. The molecular formula is C18H26. The minimum Gasteiger partial charge on any atom is -0.0654 e. The van der Waals surface area contributed by atoms with Crippen LogP contribution in [-0.4, -0.2) is 0 Å². The number of unbranched alkanes of at least 4 members (excludes halogenated alkanes) is 1. The molecule has 3 rings (SSSR count). The van der Waals surface area contributed by atoms with Crippen molar-refractivity contribution in [2.75, 3.05) is 0 Å². The maximum absolute atomic E-state index is 2.49. The molecule has 2 aliphatic carbocycles. The lowest BCUT2D eigenvalue weighted by molar-refractivity contribution is 0.434. The molecule has 1 aromatic carbocycles. The van der Waals surface area contributed by atoms with Gasteiger partial charge >= 0.3 is 0 Å². The van der Waals surface area contributed by atoms with E-state index in [0.29, 0.717) is 10.8 Å². The van der Waals surface area contributed by atoms with E-state index in [-0.39, 0.29) is 0 Å². The van der Waals surface area contributed by atoms with Gasteiger partial charge in [0.25, 0.3) is 0 Å². The van der Waals surface area contributed by atoms with Crippen molar-refractivity contribution in [2.45, 2.75) is 70.6 Å². The molecule has 0 unspecified atom stereocenters. The van der Waals surface area contributed by atoms with Crippen LogP contribution in [0, 0.1) is 5.41 Å². The molecule has 0 saturated heterocycles. The van der Waals surface area contributed by atoms with Gasteiger partial charge in [-0.25, -0.2) is 0 Å². The van der Waals surface area contributed by atoms with Crippen LogP contribution in [0.15, 0.2) is 24.3 Å². The maximum Gasteiger partial charge on any atom is -0.00384 e. The molecule has 0 aromatic heterocycles. The van der Waals surface area contributed by atoms with Crippen molar-refractivity contribution in [3.8, 4) is 0 Å². The van der Waals surface area contributed by atoms with Crippen LogP contribution < -0.4 is 0 Å². The molecule has 0 radical (unpaired) electrons. The van der Waals surface area contributed by atoms with Gasteiger partial charge in [-0.1, -0.05) is 44.5 Å². The Morgan fingerprint density at radius 1 is 1.06 bits per heavy atom. The van der Waals surface area contributed by atoms with Crippen LogP contribution in [0.3, 0.4) is 0 Å². The molecular weight excluding hydrogens is 216 g/mol. The Kier molecular flexibility index (Phi) is 3.00.